The molecule has 1 rings (SSSR count). The topological polar surface area (TPSA) is 78.5 Å². The molecule has 0 aromatic carbocycles. The molecule has 1 fully saturated rings. The van der Waals surface area contributed by atoms with Gasteiger partial charge in [-0.15, -0.1) is 0 Å². The van der Waals surface area contributed by atoms with Crippen molar-refractivity contribution in [2.24, 2.45) is 5.92 Å². The van der Waals surface area contributed by atoms with E-state index >= 15 is 0 Å². The molecule has 7 heteroatoms. The maximum absolute atomic E-state index is 11.8. The van der Waals surface area contributed by atoms with E-state index in [1.807, 2.05) is 13.8 Å². The highest BCUT2D eigenvalue weighted by Gasteiger charge is 2.24. The first-order valence-electron chi connectivity index (χ1n) is 5.43. The van der Waals surface area contributed by atoms with Crippen LogP contribution in [-0.4, -0.2) is 44.8 Å². The molecule has 1 aliphatic rings. The van der Waals surface area contributed by atoms with Gasteiger partial charge >= 0.3 is 0 Å². The Labute approximate surface area is 96.6 Å². The number of hydrogen-bond donors (Lipinski definition) is 2. The minimum Gasteiger partial charge on any atom is -0.355 e. The third-order valence-corrected chi connectivity index (χ3v) is 3.86. The quantitative estimate of drug-likeness (QED) is 0.691. The molecule has 16 heavy (non-hydrogen) atoms. The fraction of sp³-hybridized carbons (Fsp3) is 0.889. The first-order chi connectivity index (χ1) is 7.42. The van der Waals surface area contributed by atoms with Gasteiger partial charge in [0.2, 0.25) is 5.91 Å². The molecular weight excluding hydrogens is 230 g/mol. The lowest BCUT2D eigenvalue weighted by Gasteiger charge is -2.20. The molecule has 0 spiro atoms. The van der Waals surface area contributed by atoms with Crippen molar-refractivity contribution in [3.8, 4) is 0 Å². The monoisotopic (exact) mass is 249 g/mol. The molecule has 0 aromatic heterocycles. The molecule has 1 heterocycles. The summed E-state index contributed by atoms with van der Waals surface area (Å²) >= 11 is 0. The Morgan fingerprint density at radius 1 is 1.44 bits per heavy atom. The van der Waals surface area contributed by atoms with E-state index in [9.17, 15) is 13.2 Å². The lowest BCUT2D eigenvalue weighted by molar-refractivity contribution is -0.120. The van der Waals surface area contributed by atoms with Crippen molar-refractivity contribution in [3.63, 3.8) is 0 Å². The van der Waals surface area contributed by atoms with Crippen LogP contribution in [0.3, 0.4) is 0 Å². The number of hydrogen-bond acceptors (Lipinski definition) is 3. The smallest absolute Gasteiger partial charge is 0.279 e. The third kappa shape index (κ3) is 4.07. The van der Waals surface area contributed by atoms with Gasteiger partial charge < -0.3 is 5.32 Å². The summed E-state index contributed by atoms with van der Waals surface area (Å²) in [5.74, 6) is 0.170. The second-order valence-corrected chi connectivity index (χ2v) is 6.00. The van der Waals surface area contributed by atoms with E-state index in [0.29, 0.717) is 19.6 Å². The maximum atomic E-state index is 11.8. The second kappa shape index (κ2) is 5.60. The number of nitrogens with zero attached hydrogens (tertiary/aromatic N) is 1. The van der Waals surface area contributed by atoms with Crippen LogP contribution in [0.1, 0.15) is 20.3 Å². The molecule has 0 aromatic rings. The van der Waals surface area contributed by atoms with Crippen LogP contribution in [0.5, 0.6) is 0 Å². The summed E-state index contributed by atoms with van der Waals surface area (Å²) in [5.41, 5.74) is 0. The van der Waals surface area contributed by atoms with E-state index in [4.69, 9.17) is 0 Å². The molecule has 0 unspecified atom stereocenters. The summed E-state index contributed by atoms with van der Waals surface area (Å²) in [7, 11) is -3.43. The number of carbonyl (C=O) groups is 1. The van der Waals surface area contributed by atoms with Crippen LogP contribution < -0.4 is 10.0 Å². The van der Waals surface area contributed by atoms with Crippen molar-refractivity contribution >= 4 is 16.1 Å². The average Bonchev–Trinajstić information content (AvgIpc) is 2.40. The molecule has 0 atom stereocenters. The van der Waals surface area contributed by atoms with Gasteiger partial charge in [0.1, 0.15) is 0 Å². The number of carbonyl (C=O) groups excluding carboxylic acids is 1. The van der Waals surface area contributed by atoms with Crippen LogP contribution in [0.15, 0.2) is 0 Å². The highest BCUT2D eigenvalue weighted by atomic mass is 32.2. The summed E-state index contributed by atoms with van der Waals surface area (Å²) in [6.45, 7) is 5.26. The molecular formula is C9H19N3O3S. The van der Waals surface area contributed by atoms with Crippen molar-refractivity contribution in [1.82, 2.24) is 14.3 Å². The lowest BCUT2D eigenvalue weighted by atomic mass is 10.2. The standard InChI is InChI=1S/C9H19N3O3S/c1-8(2)7-11-16(14,15)12-5-3-9(13)10-4-6-12/h8,11H,3-7H2,1-2H3,(H,10,13). The maximum Gasteiger partial charge on any atom is 0.279 e. The normalized spacial score (nSPS) is 19.6. The van der Waals surface area contributed by atoms with Gasteiger partial charge in [-0.05, 0) is 5.92 Å². The summed E-state index contributed by atoms with van der Waals surface area (Å²) in [5, 5.41) is 2.64. The van der Waals surface area contributed by atoms with E-state index in [-0.39, 0.29) is 24.8 Å². The predicted octanol–water partition coefficient (Wildman–Crippen LogP) is -0.701. The predicted molar refractivity (Wildman–Crippen MR) is 61.0 cm³/mol. The van der Waals surface area contributed by atoms with Gasteiger partial charge in [0.15, 0.2) is 0 Å². The molecule has 1 saturated heterocycles. The Balaban J connectivity index is 2.57. The summed E-state index contributed by atoms with van der Waals surface area (Å²) in [6.07, 6.45) is 0.225. The molecule has 2 N–H and O–H groups in total. The minimum absolute atomic E-state index is 0.0958. The van der Waals surface area contributed by atoms with Crippen LogP contribution in [-0.2, 0) is 15.0 Å². The molecule has 1 aliphatic heterocycles. The van der Waals surface area contributed by atoms with Crippen LogP contribution in [0.4, 0.5) is 0 Å². The van der Waals surface area contributed by atoms with E-state index in [1.165, 1.54) is 4.31 Å². The molecule has 94 valence electrons. The number of amides is 1. The Morgan fingerprint density at radius 3 is 2.75 bits per heavy atom. The Bertz CT molecular complexity index is 340. The van der Waals surface area contributed by atoms with E-state index in [1.54, 1.807) is 0 Å². The van der Waals surface area contributed by atoms with Gasteiger partial charge in [0.05, 0.1) is 0 Å². The van der Waals surface area contributed by atoms with Crippen LogP contribution in [0, 0.1) is 5.92 Å². The van der Waals surface area contributed by atoms with E-state index < -0.39 is 10.2 Å². The van der Waals surface area contributed by atoms with Crippen LogP contribution >= 0.6 is 0 Å². The second-order valence-electron chi connectivity index (χ2n) is 4.25. The van der Waals surface area contributed by atoms with Gasteiger partial charge in [-0.25, -0.2) is 4.72 Å². The third-order valence-electron chi connectivity index (χ3n) is 2.29. The van der Waals surface area contributed by atoms with E-state index in [0.717, 1.165) is 0 Å². The summed E-state index contributed by atoms with van der Waals surface area (Å²) in [6, 6.07) is 0. The fourth-order valence-electron chi connectivity index (χ4n) is 1.35. The van der Waals surface area contributed by atoms with Crippen LogP contribution in [0.2, 0.25) is 0 Å². The summed E-state index contributed by atoms with van der Waals surface area (Å²) in [4.78, 5) is 11.1. The fourth-order valence-corrected chi connectivity index (χ4v) is 2.74. The Morgan fingerprint density at radius 2 is 2.12 bits per heavy atom. The van der Waals surface area contributed by atoms with Crippen LogP contribution in [0.25, 0.3) is 0 Å². The molecule has 0 saturated carbocycles. The van der Waals surface area contributed by atoms with Crippen molar-refractivity contribution in [3.05, 3.63) is 0 Å². The zero-order valence-corrected chi connectivity index (χ0v) is 10.5. The zero-order chi connectivity index (χ0) is 12.2. The lowest BCUT2D eigenvalue weighted by Crippen LogP contribution is -2.43. The first kappa shape index (κ1) is 13.4. The highest BCUT2D eigenvalue weighted by Crippen LogP contribution is 2.03. The van der Waals surface area contributed by atoms with Gasteiger partial charge in [-0.1, -0.05) is 13.8 Å². The van der Waals surface area contributed by atoms with Gasteiger partial charge in [-0.2, -0.15) is 12.7 Å². The van der Waals surface area contributed by atoms with Gasteiger partial charge in [0, 0.05) is 32.6 Å². The molecule has 0 radical (unpaired) electrons. The number of nitrogens with one attached hydrogen (secondary N) is 2. The van der Waals surface area contributed by atoms with Crippen molar-refractivity contribution in [2.75, 3.05) is 26.2 Å². The Hall–Kier alpha value is -0.660. The average molecular weight is 249 g/mol. The van der Waals surface area contributed by atoms with Crippen molar-refractivity contribution < 1.29 is 13.2 Å². The minimum atomic E-state index is -3.43. The molecule has 1 amide bonds. The molecule has 6 nitrogen and oxygen atoms in total. The van der Waals surface area contributed by atoms with Gasteiger partial charge in [-0.3, -0.25) is 4.79 Å². The molecule has 0 aliphatic carbocycles. The van der Waals surface area contributed by atoms with Crippen molar-refractivity contribution in [1.29, 1.82) is 0 Å². The van der Waals surface area contributed by atoms with Crippen molar-refractivity contribution in [2.45, 2.75) is 20.3 Å². The van der Waals surface area contributed by atoms with E-state index in [2.05, 4.69) is 10.0 Å². The highest BCUT2D eigenvalue weighted by molar-refractivity contribution is 7.87. The SMILES string of the molecule is CC(C)CNS(=O)(=O)N1CCNC(=O)CC1. The summed E-state index contributed by atoms with van der Waals surface area (Å²) < 4.78 is 27.5. The van der Waals surface area contributed by atoms with Gasteiger partial charge in [0.25, 0.3) is 10.2 Å². The first-order valence-corrected chi connectivity index (χ1v) is 6.87. The number of rotatable bonds is 4. The molecule has 0 bridgehead atoms. The zero-order valence-electron chi connectivity index (χ0n) is 9.69. The largest absolute Gasteiger partial charge is 0.355 e. The Kier molecular flexibility index (Phi) is 4.69.